The van der Waals surface area contributed by atoms with Crippen LogP contribution in [0.25, 0.3) is 27.5 Å². The molecule has 0 aliphatic carbocycles. The molecule has 0 aliphatic heterocycles. The molecule has 31 heavy (non-hydrogen) atoms. The number of aromatic nitrogens is 1. The van der Waals surface area contributed by atoms with Crippen LogP contribution < -0.4 is 11.5 Å². The number of fused-ring (bicyclic) bond motifs is 3. The maximum absolute atomic E-state index is 6.50. The molecule has 4 N–H and O–H groups in total. The van der Waals surface area contributed by atoms with Crippen LogP contribution in [0.2, 0.25) is 0 Å². The molecule has 4 heteroatoms. The Hall–Kier alpha value is -3.89. The number of amidine groups is 1. The van der Waals surface area contributed by atoms with Crippen LogP contribution in [0, 0.1) is 0 Å². The van der Waals surface area contributed by atoms with E-state index in [9.17, 15) is 0 Å². The number of hydrogen-bond donors (Lipinski definition) is 2. The van der Waals surface area contributed by atoms with Gasteiger partial charge >= 0.3 is 0 Å². The van der Waals surface area contributed by atoms with Crippen LogP contribution in [-0.4, -0.2) is 16.9 Å². The standard InChI is InChI=1S/C27H24N4/c28-24(18-30-27(29)19-9-3-1-4-10-19)20-15-16-26-23(17-20)22-13-7-8-14-25(22)31(26)21-11-5-2-6-12-21/h1-17,24H,18,28H2,(H2,29,30)/t24-/m0/s1. The molecule has 1 heterocycles. The third-order valence-electron chi connectivity index (χ3n) is 5.67. The summed E-state index contributed by atoms with van der Waals surface area (Å²) >= 11 is 0. The van der Waals surface area contributed by atoms with E-state index in [0.717, 1.165) is 22.3 Å². The van der Waals surface area contributed by atoms with Gasteiger partial charge in [0.1, 0.15) is 5.84 Å². The highest BCUT2D eigenvalue weighted by Crippen LogP contribution is 2.33. The largest absolute Gasteiger partial charge is 0.384 e. The number of aliphatic imine (C=N–C) groups is 1. The first-order chi connectivity index (χ1) is 15.2. The fourth-order valence-corrected chi connectivity index (χ4v) is 4.08. The van der Waals surface area contributed by atoms with Crippen molar-refractivity contribution in [1.29, 1.82) is 0 Å². The van der Waals surface area contributed by atoms with Gasteiger partial charge < -0.3 is 16.0 Å². The molecule has 0 bridgehead atoms. The topological polar surface area (TPSA) is 69.3 Å². The van der Waals surface area contributed by atoms with E-state index in [1.807, 2.05) is 36.4 Å². The van der Waals surface area contributed by atoms with Gasteiger partial charge in [-0.15, -0.1) is 0 Å². The lowest BCUT2D eigenvalue weighted by molar-refractivity contribution is 0.739. The molecule has 4 nitrogen and oxygen atoms in total. The van der Waals surface area contributed by atoms with Gasteiger partial charge in [0.2, 0.25) is 0 Å². The number of benzene rings is 4. The van der Waals surface area contributed by atoms with Gasteiger partial charge in [-0.1, -0.05) is 72.8 Å². The fourth-order valence-electron chi connectivity index (χ4n) is 4.08. The van der Waals surface area contributed by atoms with Gasteiger partial charge in [0.25, 0.3) is 0 Å². The lowest BCUT2D eigenvalue weighted by Crippen LogP contribution is -2.19. The Labute approximate surface area is 181 Å². The summed E-state index contributed by atoms with van der Waals surface area (Å²) in [5.74, 6) is 0.512. The van der Waals surface area contributed by atoms with Crippen molar-refractivity contribution < 1.29 is 0 Å². The molecule has 0 saturated carbocycles. The minimum atomic E-state index is -0.231. The first kappa shape index (κ1) is 19.1. The monoisotopic (exact) mass is 404 g/mol. The van der Waals surface area contributed by atoms with Gasteiger partial charge in [0.05, 0.1) is 17.6 Å². The second-order valence-electron chi connectivity index (χ2n) is 7.66. The number of para-hydroxylation sites is 2. The molecule has 5 aromatic rings. The number of rotatable bonds is 5. The van der Waals surface area contributed by atoms with E-state index in [-0.39, 0.29) is 6.04 Å². The molecule has 0 radical (unpaired) electrons. The molecular weight excluding hydrogens is 380 g/mol. The normalized spacial score (nSPS) is 13.0. The van der Waals surface area contributed by atoms with Gasteiger partial charge in [-0.05, 0) is 35.9 Å². The third-order valence-corrected chi connectivity index (χ3v) is 5.67. The van der Waals surface area contributed by atoms with Crippen molar-refractivity contribution in [3.05, 3.63) is 114 Å². The Morgan fingerprint density at radius 2 is 1.39 bits per heavy atom. The quantitative estimate of drug-likeness (QED) is 0.313. The van der Waals surface area contributed by atoms with E-state index in [1.54, 1.807) is 0 Å². The van der Waals surface area contributed by atoms with Crippen molar-refractivity contribution in [1.82, 2.24) is 4.57 Å². The van der Waals surface area contributed by atoms with E-state index < -0.39 is 0 Å². The van der Waals surface area contributed by atoms with E-state index in [1.165, 1.54) is 16.3 Å². The molecule has 0 unspecified atom stereocenters. The van der Waals surface area contributed by atoms with E-state index in [2.05, 4.69) is 76.3 Å². The van der Waals surface area contributed by atoms with Crippen LogP contribution in [0.1, 0.15) is 17.2 Å². The van der Waals surface area contributed by atoms with Crippen molar-refractivity contribution in [2.24, 2.45) is 16.5 Å². The van der Waals surface area contributed by atoms with Gasteiger partial charge in [-0.3, -0.25) is 4.99 Å². The van der Waals surface area contributed by atoms with E-state index >= 15 is 0 Å². The smallest absolute Gasteiger partial charge is 0.125 e. The van der Waals surface area contributed by atoms with Crippen LogP contribution in [0.3, 0.4) is 0 Å². The van der Waals surface area contributed by atoms with Crippen LogP contribution in [0.15, 0.2) is 108 Å². The van der Waals surface area contributed by atoms with Gasteiger partial charge in [0, 0.05) is 28.1 Å². The van der Waals surface area contributed by atoms with Crippen molar-refractivity contribution in [2.75, 3.05) is 6.54 Å². The first-order valence-electron chi connectivity index (χ1n) is 10.4. The second-order valence-corrected chi connectivity index (χ2v) is 7.66. The van der Waals surface area contributed by atoms with Crippen LogP contribution >= 0.6 is 0 Å². The Balaban J connectivity index is 1.54. The molecule has 152 valence electrons. The minimum absolute atomic E-state index is 0.231. The number of nitrogens with two attached hydrogens (primary N) is 2. The lowest BCUT2D eigenvalue weighted by atomic mass is 10.0. The van der Waals surface area contributed by atoms with Crippen molar-refractivity contribution in [3.8, 4) is 5.69 Å². The maximum atomic E-state index is 6.50. The molecule has 5 rings (SSSR count). The SMILES string of the molecule is NC(=NC[C@H](N)c1ccc2c(c1)c1ccccc1n2-c1ccccc1)c1ccccc1. The molecular formula is C27H24N4. The molecule has 0 fully saturated rings. The van der Waals surface area contributed by atoms with Crippen LogP contribution in [0.5, 0.6) is 0 Å². The van der Waals surface area contributed by atoms with Crippen molar-refractivity contribution in [2.45, 2.75) is 6.04 Å². The first-order valence-corrected chi connectivity index (χ1v) is 10.4. The Morgan fingerprint density at radius 3 is 2.16 bits per heavy atom. The van der Waals surface area contributed by atoms with E-state index in [4.69, 9.17) is 11.5 Å². The summed E-state index contributed by atoms with van der Waals surface area (Å²) in [7, 11) is 0. The summed E-state index contributed by atoms with van der Waals surface area (Å²) in [6, 6.07) is 34.9. The van der Waals surface area contributed by atoms with Crippen LogP contribution in [0.4, 0.5) is 0 Å². The highest BCUT2D eigenvalue weighted by atomic mass is 15.0. The second kappa shape index (κ2) is 8.09. The Bertz CT molecular complexity index is 1370. The molecule has 4 aromatic carbocycles. The van der Waals surface area contributed by atoms with Gasteiger partial charge in [-0.2, -0.15) is 0 Å². The fraction of sp³-hybridized carbons (Fsp3) is 0.0741. The summed E-state index contributed by atoms with van der Waals surface area (Å²) in [5, 5.41) is 2.40. The zero-order valence-electron chi connectivity index (χ0n) is 17.1. The lowest BCUT2D eigenvalue weighted by Gasteiger charge is -2.12. The summed E-state index contributed by atoms with van der Waals surface area (Å²) in [4.78, 5) is 4.53. The number of nitrogens with zero attached hydrogens (tertiary/aromatic N) is 2. The highest BCUT2D eigenvalue weighted by molar-refractivity contribution is 6.09. The van der Waals surface area contributed by atoms with E-state index in [0.29, 0.717) is 12.4 Å². The van der Waals surface area contributed by atoms with Crippen molar-refractivity contribution in [3.63, 3.8) is 0 Å². The average molecular weight is 405 g/mol. The predicted molar refractivity (Wildman–Crippen MR) is 130 cm³/mol. The Morgan fingerprint density at radius 1 is 0.742 bits per heavy atom. The molecule has 0 spiro atoms. The summed E-state index contributed by atoms with van der Waals surface area (Å²) < 4.78 is 2.30. The molecule has 0 amide bonds. The maximum Gasteiger partial charge on any atom is 0.125 e. The molecule has 0 saturated heterocycles. The van der Waals surface area contributed by atoms with Crippen molar-refractivity contribution >= 4 is 27.6 Å². The number of hydrogen-bond acceptors (Lipinski definition) is 2. The Kier molecular flexibility index (Phi) is 4.98. The average Bonchev–Trinajstić information content (AvgIpc) is 3.17. The zero-order valence-corrected chi connectivity index (χ0v) is 17.1. The molecule has 1 aromatic heterocycles. The van der Waals surface area contributed by atoms with Crippen LogP contribution in [-0.2, 0) is 0 Å². The predicted octanol–water partition coefficient (Wildman–Crippen LogP) is 5.19. The molecule has 0 aliphatic rings. The van der Waals surface area contributed by atoms with Gasteiger partial charge in [0.15, 0.2) is 0 Å². The highest BCUT2D eigenvalue weighted by Gasteiger charge is 2.14. The summed E-state index contributed by atoms with van der Waals surface area (Å²) in [5.41, 5.74) is 18.1. The summed E-state index contributed by atoms with van der Waals surface area (Å²) in [6.45, 7) is 0.434. The minimum Gasteiger partial charge on any atom is -0.384 e. The summed E-state index contributed by atoms with van der Waals surface area (Å²) in [6.07, 6.45) is 0. The zero-order chi connectivity index (χ0) is 21.2. The molecule has 1 atom stereocenters. The third kappa shape index (κ3) is 3.58. The van der Waals surface area contributed by atoms with Gasteiger partial charge in [-0.25, -0.2) is 0 Å².